The van der Waals surface area contributed by atoms with Gasteiger partial charge < -0.3 is 15.0 Å². The lowest BCUT2D eigenvalue weighted by Gasteiger charge is -2.37. The predicted octanol–water partition coefficient (Wildman–Crippen LogP) is 1.91. The molecule has 1 heterocycles. The maximum absolute atomic E-state index is 11.6. The number of carbonyl (C=O) groups is 1. The fourth-order valence-electron chi connectivity index (χ4n) is 2.41. The monoisotopic (exact) mass is 262 g/mol. The number of benzene rings is 1. The van der Waals surface area contributed by atoms with E-state index >= 15 is 0 Å². The third-order valence-electron chi connectivity index (χ3n) is 3.64. The fraction of sp³-hybridized carbons (Fsp3) is 0.533. The molecule has 19 heavy (non-hydrogen) atoms. The molecule has 0 aliphatic carbocycles. The Labute approximate surface area is 114 Å². The number of nitrogens with one attached hydrogen (secondary N) is 1. The van der Waals surface area contributed by atoms with E-state index in [0.717, 1.165) is 25.3 Å². The molecule has 0 saturated carbocycles. The normalized spacial score (nSPS) is 19.6. The average Bonchev–Trinajstić information content (AvgIpc) is 2.46. The number of nitrogens with zero attached hydrogens (tertiary/aromatic N) is 1. The van der Waals surface area contributed by atoms with E-state index in [9.17, 15) is 4.79 Å². The highest BCUT2D eigenvalue weighted by atomic mass is 16.5. The molecule has 2 rings (SSSR count). The SMILES string of the molecule is COC(=O)c1cccc(N2CCN[C@@H](C(C)C)C2)c1. The Morgan fingerprint density at radius 2 is 2.26 bits per heavy atom. The quantitative estimate of drug-likeness (QED) is 0.845. The summed E-state index contributed by atoms with van der Waals surface area (Å²) in [6, 6.07) is 8.16. The molecule has 1 aliphatic rings. The van der Waals surface area contributed by atoms with Crippen LogP contribution in [0, 0.1) is 5.92 Å². The third kappa shape index (κ3) is 3.26. The Bertz CT molecular complexity index is 446. The highest BCUT2D eigenvalue weighted by Crippen LogP contribution is 2.20. The standard InChI is InChI=1S/C15H22N2O2/c1-11(2)14-10-17(8-7-16-14)13-6-4-5-12(9-13)15(18)19-3/h4-6,9,11,14,16H,7-8,10H2,1-3H3/t14-/m1/s1. The first-order valence-corrected chi connectivity index (χ1v) is 6.78. The summed E-state index contributed by atoms with van der Waals surface area (Å²) < 4.78 is 4.77. The largest absolute Gasteiger partial charge is 0.465 e. The highest BCUT2D eigenvalue weighted by molar-refractivity contribution is 5.90. The van der Waals surface area contributed by atoms with Gasteiger partial charge in [-0.1, -0.05) is 19.9 Å². The van der Waals surface area contributed by atoms with Crippen molar-refractivity contribution in [2.75, 3.05) is 31.6 Å². The molecule has 1 aromatic rings. The molecule has 0 aromatic heterocycles. The fourth-order valence-corrected chi connectivity index (χ4v) is 2.41. The summed E-state index contributed by atoms with van der Waals surface area (Å²) in [5, 5.41) is 3.53. The van der Waals surface area contributed by atoms with E-state index in [1.165, 1.54) is 7.11 Å². The Morgan fingerprint density at radius 1 is 1.47 bits per heavy atom. The number of esters is 1. The minimum atomic E-state index is -0.280. The van der Waals surface area contributed by atoms with Crippen molar-refractivity contribution in [3.05, 3.63) is 29.8 Å². The van der Waals surface area contributed by atoms with Crippen LogP contribution < -0.4 is 10.2 Å². The maximum Gasteiger partial charge on any atom is 0.337 e. The Morgan fingerprint density at radius 3 is 2.95 bits per heavy atom. The van der Waals surface area contributed by atoms with Crippen molar-refractivity contribution in [2.24, 2.45) is 5.92 Å². The van der Waals surface area contributed by atoms with Gasteiger partial charge in [0.05, 0.1) is 12.7 Å². The first kappa shape index (κ1) is 13.9. The summed E-state index contributed by atoms with van der Waals surface area (Å²) >= 11 is 0. The molecule has 1 N–H and O–H groups in total. The highest BCUT2D eigenvalue weighted by Gasteiger charge is 2.22. The molecule has 0 amide bonds. The number of piperazine rings is 1. The van der Waals surface area contributed by atoms with E-state index < -0.39 is 0 Å². The van der Waals surface area contributed by atoms with Gasteiger partial charge in [0.15, 0.2) is 0 Å². The average molecular weight is 262 g/mol. The first-order valence-electron chi connectivity index (χ1n) is 6.78. The van der Waals surface area contributed by atoms with Gasteiger partial charge in [-0.05, 0) is 24.1 Å². The molecular weight excluding hydrogens is 240 g/mol. The van der Waals surface area contributed by atoms with Crippen LogP contribution >= 0.6 is 0 Å². The van der Waals surface area contributed by atoms with Crippen LogP contribution in [0.25, 0.3) is 0 Å². The van der Waals surface area contributed by atoms with Gasteiger partial charge >= 0.3 is 5.97 Å². The second-order valence-electron chi connectivity index (χ2n) is 5.29. The Kier molecular flexibility index (Phi) is 4.43. The molecule has 0 radical (unpaired) electrons. The number of methoxy groups -OCH3 is 1. The number of rotatable bonds is 3. The molecule has 0 unspecified atom stereocenters. The molecule has 1 aliphatic heterocycles. The van der Waals surface area contributed by atoms with Crippen molar-refractivity contribution < 1.29 is 9.53 Å². The van der Waals surface area contributed by atoms with Crippen LogP contribution in [-0.2, 0) is 4.74 Å². The second-order valence-corrected chi connectivity index (χ2v) is 5.29. The van der Waals surface area contributed by atoms with E-state index in [4.69, 9.17) is 4.74 Å². The molecule has 0 bridgehead atoms. The van der Waals surface area contributed by atoms with Gasteiger partial charge in [-0.2, -0.15) is 0 Å². The lowest BCUT2D eigenvalue weighted by Crippen LogP contribution is -2.53. The summed E-state index contributed by atoms with van der Waals surface area (Å²) in [5.74, 6) is 0.323. The van der Waals surface area contributed by atoms with Crippen LogP contribution in [0.1, 0.15) is 24.2 Å². The zero-order valence-electron chi connectivity index (χ0n) is 11.8. The van der Waals surface area contributed by atoms with Crippen molar-refractivity contribution in [1.29, 1.82) is 0 Å². The number of anilines is 1. The lowest BCUT2D eigenvalue weighted by atomic mass is 10.0. The van der Waals surface area contributed by atoms with Gasteiger partial charge in [0, 0.05) is 31.4 Å². The Balaban J connectivity index is 2.15. The number of ether oxygens (including phenoxy) is 1. The molecule has 1 atom stereocenters. The minimum Gasteiger partial charge on any atom is -0.465 e. The summed E-state index contributed by atoms with van der Waals surface area (Å²) in [5.41, 5.74) is 1.70. The van der Waals surface area contributed by atoms with Crippen molar-refractivity contribution in [3.63, 3.8) is 0 Å². The van der Waals surface area contributed by atoms with Crippen LogP contribution in [-0.4, -0.2) is 38.8 Å². The second kappa shape index (κ2) is 6.06. The summed E-state index contributed by atoms with van der Waals surface area (Å²) in [6.45, 7) is 7.37. The smallest absolute Gasteiger partial charge is 0.337 e. The van der Waals surface area contributed by atoms with Crippen LogP contribution in [0.2, 0.25) is 0 Å². The number of hydrogen-bond donors (Lipinski definition) is 1. The minimum absolute atomic E-state index is 0.280. The van der Waals surface area contributed by atoms with Crippen molar-refractivity contribution in [2.45, 2.75) is 19.9 Å². The van der Waals surface area contributed by atoms with Crippen LogP contribution in [0.4, 0.5) is 5.69 Å². The van der Waals surface area contributed by atoms with Crippen LogP contribution in [0.3, 0.4) is 0 Å². The molecule has 4 heteroatoms. The summed E-state index contributed by atoms with van der Waals surface area (Å²) in [6.07, 6.45) is 0. The van der Waals surface area contributed by atoms with Crippen molar-refractivity contribution in [1.82, 2.24) is 5.32 Å². The molecular formula is C15H22N2O2. The third-order valence-corrected chi connectivity index (χ3v) is 3.64. The van der Waals surface area contributed by atoms with Crippen molar-refractivity contribution in [3.8, 4) is 0 Å². The molecule has 104 valence electrons. The molecule has 1 aromatic carbocycles. The zero-order valence-corrected chi connectivity index (χ0v) is 11.8. The van der Waals surface area contributed by atoms with Crippen LogP contribution in [0.5, 0.6) is 0 Å². The summed E-state index contributed by atoms with van der Waals surface area (Å²) in [7, 11) is 1.41. The molecule has 4 nitrogen and oxygen atoms in total. The maximum atomic E-state index is 11.6. The topological polar surface area (TPSA) is 41.6 Å². The lowest BCUT2D eigenvalue weighted by molar-refractivity contribution is 0.0601. The van der Waals surface area contributed by atoms with Crippen molar-refractivity contribution >= 4 is 11.7 Å². The predicted molar refractivity (Wildman–Crippen MR) is 76.6 cm³/mol. The van der Waals surface area contributed by atoms with E-state index in [2.05, 4.69) is 30.1 Å². The van der Waals surface area contributed by atoms with Gasteiger partial charge in [-0.15, -0.1) is 0 Å². The van der Waals surface area contributed by atoms with E-state index in [1.54, 1.807) is 6.07 Å². The van der Waals surface area contributed by atoms with Gasteiger partial charge in [-0.3, -0.25) is 0 Å². The molecule has 1 saturated heterocycles. The molecule has 1 fully saturated rings. The van der Waals surface area contributed by atoms with E-state index in [-0.39, 0.29) is 5.97 Å². The number of carbonyl (C=O) groups excluding carboxylic acids is 1. The Hall–Kier alpha value is -1.55. The van der Waals surface area contributed by atoms with Crippen LogP contribution in [0.15, 0.2) is 24.3 Å². The van der Waals surface area contributed by atoms with Gasteiger partial charge in [0.2, 0.25) is 0 Å². The first-order chi connectivity index (χ1) is 9.11. The van der Waals surface area contributed by atoms with E-state index in [0.29, 0.717) is 17.5 Å². The summed E-state index contributed by atoms with van der Waals surface area (Å²) in [4.78, 5) is 13.9. The number of hydrogen-bond acceptors (Lipinski definition) is 4. The van der Waals surface area contributed by atoms with Gasteiger partial charge in [0.25, 0.3) is 0 Å². The van der Waals surface area contributed by atoms with E-state index in [1.807, 2.05) is 12.1 Å². The zero-order chi connectivity index (χ0) is 13.8. The van der Waals surface area contributed by atoms with Gasteiger partial charge in [-0.25, -0.2) is 4.79 Å². The molecule has 0 spiro atoms. The van der Waals surface area contributed by atoms with Gasteiger partial charge in [0.1, 0.15) is 0 Å².